The number of carbonyl (C=O) groups excluding carboxylic acids is 1. The van der Waals surface area contributed by atoms with Gasteiger partial charge in [-0.15, -0.1) is 0 Å². The molecule has 0 saturated carbocycles. The standard InChI is InChI=1S/C15H10Cl2F6N4O2/c16-8-1-6(12(28)15(21,22)23)2-9(17)11(8)27-13(29)26-4-7-3-25-10(5-24-7)14(18,19)20/h1-3,5,12,28H,4H2,(H2,26,27,29)/t12-/m0/s1. The Bertz CT molecular complexity index is 867. The van der Waals surface area contributed by atoms with Gasteiger partial charge in [0.2, 0.25) is 0 Å². The van der Waals surface area contributed by atoms with Crippen LogP contribution < -0.4 is 10.6 Å². The fourth-order valence-corrected chi connectivity index (χ4v) is 2.58. The number of aromatic nitrogens is 2. The van der Waals surface area contributed by atoms with E-state index in [1.165, 1.54) is 0 Å². The van der Waals surface area contributed by atoms with Gasteiger partial charge in [-0.1, -0.05) is 23.2 Å². The third-order valence-corrected chi connectivity index (χ3v) is 3.95. The van der Waals surface area contributed by atoms with Crippen LogP contribution in [0.15, 0.2) is 24.5 Å². The molecular formula is C15H10Cl2F6N4O2. The van der Waals surface area contributed by atoms with E-state index in [-0.39, 0.29) is 28.0 Å². The van der Waals surface area contributed by atoms with Crippen molar-refractivity contribution in [3.05, 3.63) is 51.5 Å². The van der Waals surface area contributed by atoms with Crippen LogP contribution in [0.3, 0.4) is 0 Å². The van der Waals surface area contributed by atoms with Gasteiger partial charge in [-0.25, -0.2) is 9.78 Å². The van der Waals surface area contributed by atoms with Crippen LogP contribution >= 0.6 is 23.2 Å². The lowest BCUT2D eigenvalue weighted by Crippen LogP contribution is -2.29. The first kappa shape index (κ1) is 23.0. The molecule has 1 aromatic heterocycles. The first-order chi connectivity index (χ1) is 13.3. The van der Waals surface area contributed by atoms with Gasteiger partial charge in [0.15, 0.2) is 11.8 Å². The Morgan fingerprint density at radius 1 is 1.07 bits per heavy atom. The second-order valence-electron chi connectivity index (χ2n) is 5.50. The number of benzene rings is 1. The van der Waals surface area contributed by atoms with Crippen LogP contribution in [-0.2, 0) is 12.7 Å². The molecule has 1 aromatic carbocycles. The van der Waals surface area contributed by atoms with Crippen LogP contribution in [0.2, 0.25) is 10.0 Å². The number of aliphatic hydroxyl groups is 1. The molecule has 6 nitrogen and oxygen atoms in total. The van der Waals surface area contributed by atoms with E-state index in [1.54, 1.807) is 0 Å². The van der Waals surface area contributed by atoms with E-state index in [9.17, 15) is 36.2 Å². The monoisotopic (exact) mass is 462 g/mol. The number of halogens is 8. The van der Waals surface area contributed by atoms with Gasteiger partial charge in [0.1, 0.15) is 0 Å². The average molecular weight is 463 g/mol. The Kier molecular flexibility index (Phi) is 6.81. The molecule has 0 spiro atoms. The van der Waals surface area contributed by atoms with E-state index in [0.29, 0.717) is 6.20 Å². The Morgan fingerprint density at radius 2 is 1.66 bits per heavy atom. The van der Waals surface area contributed by atoms with Gasteiger partial charge in [-0.3, -0.25) is 4.98 Å². The number of rotatable bonds is 4. The number of nitrogens with one attached hydrogen (secondary N) is 2. The summed E-state index contributed by atoms with van der Waals surface area (Å²) in [5, 5.41) is 12.9. The summed E-state index contributed by atoms with van der Waals surface area (Å²) in [5.41, 5.74) is -2.06. The largest absolute Gasteiger partial charge is 0.434 e. The number of carbonyl (C=O) groups is 1. The highest BCUT2D eigenvalue weighted by Crippen LogP contribution is 2.38. The molecule has 2 aromatic rings. The molecule has 0 radical (unpaired) electrons. The molecule has 0 bridgehead atoms. The summed E-state index contributed by atoms with van der Waals surface area (Å²) in [5.74, 6) is 0. The lowest BCUT2D eigenvalue weighted by atomic mass is 10.1. The van der Waals surface area contributed by atoms with Crippen molar-refractivity contribution in [3.8, 4) is 0 Å². The molecule has 0 unspecified atom stereocenters. The fourth-order valence-electron chi connectivity index (χ4n) is 1.98. The molecule has 0 fully saturated rings. The van der Waals surface area contributed by atoms with E-state index in [1.807, 2.05) is 0 Å². The Hall–Kier alpha value is -2.31. The van der Waals surface area contributed by atoms with Crippen LogP contribution in [0, 0.1) is 0 Å². The highest BCUT2D eigenvalue weighted by Gasteiger charge is 2.40. The summed E-state index contributed by atoms with van der Waals surface area (Å²) < 4.78 is 74.9. The van der Waals surface area contributed by atoms with E-state index < -0.39 is 35.7 Å². The predicted molar refractivity (Wildman–Crippen MR) is 90.4 cm³/mol. The number of alkyl halides is 6. The molecule has 0 aliphatic heterocycles. The Balaban J connectivity index is 2.04. The van der Waals surface area contributed by atoms with Crippen molar-refractivity contribution in [2.45, 2.75) is 25.0 Å². The minimum absolute atomic E-state index is 0.00833. The fraction of sp³-hybridized carbons (Fsp3) is 0.267. The molecule has 1 heterocycles. The van der Waals surface area contributed by atoms with E-state index in [2.05, 4.69) is 20.6 Å². The normalized spacial score (nSPS) is 13.1. The second kappa shape index (κ2) is 8.59. The number of urea groups is 1. The number of hydrogen-bond donors (Lipinski definition) is 3. The van der Waals surface area contributed by atoms with Crippen molar-refractivity contribution < 1.29 is 36.2 Å². The summed E-state index contributed by atoms with van der Waals surface area (Å²) in [7, 11) is 0. The molecule has 3 N–H and O–H groups in total. The molecule has 14 heteroatoms. The lowest BCUT2D eigenvalue weighted by Gasteiger charge is -2.17. The number of aliphatic hydroxyl groups excluding tert-OH is 1. The smallest absolute Gasteiger partial charge is 0.379 e. The van der Waals surface area contributed by atoms with E-state index >= 15 is 0 Å². The summed E-state index contributed by atoms with van der Waals surface area (Å²) in [4.78, 5) is 18.6. The second-order valence-corrected chi connectivity index (χ2v) is 6.32. The molecule has 0 aliphatic rings. The maximum Gasteiger partial charge on any atom is 0.434 e. The first-order valence-electron chi connectivity index (χ1n) is 7.45. The van der Waals surface area contributed by atoms with Crippen molar-refractivity contribution in [3.63, 3.8) is 0 Å². The SMILES string of the molecule is O=C(NCc1cnc(C(F)(F)F)cn1)Nc1c(Cl)cc([C@H](O)C(F)(F)F)cc1Cl. The van der Waals surface area contributed by atoms with Crippen molar-refractivity contribution in [1.82, 2.24) is 15.3 Å². The number of hydrogen-bond acceptors (Lipinski definition) is 4. The Labute approximate surface area is 168 Å². The highest BCUT2D eigenvalue weighted by atomic mass is 35.5. The van der Waals surface area contributed by atoms with Crippen molar-refractivity contribution in [2.24, 2.45) is 0 Å². The predicted octanol–water partition coefficient (Wildman–Crippen LogP) is 4.72. The maximum atomic E-state index is 12.6. The van der Waals surface area contributed by atoms with Crippen LogP contribution in [0.1, 0.15) is 23.1 Å². The van der Waals surface area contributed by atoms with Gasteiger partial charge < -0.3 is 15.7 Å². The van der Waals surface area contributed by atoms with Gasteiger partial charge in [0.05, 0.1) is 40.4 Å². The summed E-state index contributed by atoms with van der Waals surface area (Å²) in [6.07, 6.45) is -11.1. The third-order valence-electron chi connectivity index (χ3n) is 3.35. The maximum absolute atomic E-state index is 12.6. The van der Waals surface area contributed by atoms with Crippen LogP contribution in [0.5, 0.6) is 0 Å². The van der Waals surface area contributed by atoms with Gasteiger partial charge in [0, 0.05) is 0 Å². The van der Waals surface area contributed by atoms with Crippen molar-refractivity contribution in [1.29, 1.82) is 0 Å². The van der Waals surface area contributed by atoms with E-state index in [0.717, 1.165) is 18.3 Å². The zero-order chi connectivity index (χ0) is 22.0. The van der Waals surface area contributed by atoms with Crippen LogP contribution in [0.4, 0.5) is 36.8 Å². The number of nitrogens with zero attached hydrogens (tertiary/aromatic N) is 2. The van der Waals surface area contributed by atoms with Crippen molar-refractivity contribution in [2.75, 3.05) is 5.32 Å². The highest BCUT2D eigenvalue weighted by molar-refractivity contribution is 6.39. The first-order valence-corrected chi connectivity index (χ1v) is 8.21. The Morgan fingerprint density at radius 3 is 2.10 bits per heavy atom. The summed E-state index contributed by atoms with van der Waals surface area (Å²) in [6.45, 7) is -0.308. The minimum Gasteiger partial charge on any atom is -0.379 e. The summed E-state index contributed by atoms with van der Waals surface area (Å²) in [6, 6.07) is 0.644. The molecule has 2 amide bonds. The van der Waals surface area contributed by atoms with Gasteiger partial charge in [-0.05, 0) is 17.7 Å². The number of amides is 2. The van der Waals surface area contributed by atoms with E-state index in [4.69, 9.17) is 23.2 Å². The number of anilines is 1. The van der Waals surface area contributed by atoms with Crippen LogP contribution in [0.25, 0.3) is 0 Å². The molecule has 1 atom stereocenters. The third kappa shape index (κ3) is 6.08. The molecule has 158 valence electrons. The quantitative estimate of drug-likeness (QED) is 0.573. The van der Waals surface area contributed by atoms with Gasteiger partial charge in [-0.2, -0.15) is 26.3 Å². The molecule has 2 rings (SSSR count). The summed E-state index contributed by atoms with van der Waals surface area (Å²) >= 11 is 11.6. The van der Waals surface area contributed by atoms with Crippen LogP contribution in [-0.4, -0.2) is 27.3 Å². The molecule has 29 heavy (non-hydrogen) atoms. The lowest BCUT2D eigenvalue weighted by molar-refractivity contribution is -0.206. The zero-order valence-electron chi connectivity index (χ0n) is 13.9. The van der Waals surface area contributed by atoms with Gasteiger partial charge in [0.25, 0.3) is 0 Å². The minimum atomic E-state index is -4.94. The van der Waals surface area contributed by atoms with Crippen molar-refractivity contribution >= 4 is 34.9 Å². The zero-order valence-corrected chi connectivity index (χ0v) is 15.4. The molecule has 0 aliphatic carbocycles. The average Bonchev–Trinajstić information content (AvgIpc) is 2.61. The molecular weight excluding hydrogens is 453 g/mol. The molecule has 0 saturated heterocycles. The topological polar surface area (TPSA) is 87.1 Å². The van der Waals surface area contributed by atoms with Gasteiger partial charge >= 0.3 is 18.4 Å².